The molecule has 0 spiro atoms. The van der Waals surface area contributed by atoms with Crippen LogP contribution in [0.1, 0.15) is 39.5 Å². The zero-order valence-corrected chi connectivity index (χ0v) is 14.0. The molecule has 2 aliphatic heterocycles. The van der Waals surface area contributed by atoms with Gasteiger partial charge in [0, 0.05) is 0 Å². The van der Waals surface area contributed by atoms with Crippen molar-refractivity contribution >= 4 is 11.9 Å². The number of quaternary nitrogens is 2. The standard InChI is InChI=1S/2C8H15NO2/c2*1-2-11-8(10)7-4-3-5-9-6-7/h2*7,9H,2-6H2,1H3/p+2/t2*7-/m10/s1. The Morgan fingerprint density at radius 3 is 1.55 bits per heavy atom. The fraction of sp³-hybridized carbons (Fsp3) is 0.875. The average molecular weight is 316 g/mol. The lowest BCUT2D eigenvalue weighted by Crippen LogP contribution is -2.87. The Bertz CT molecular complexity index is 292. The van der Waals surface area contributed by atoms with Crippen molar-refractivity contribution in [1.82, 2.24) is 0 Å². The number of carbonyl (C=O) groups is 2. The van der Waals surface area contributed by atoms with Gasteiger partial charge in [-0.2, -0.15) is 0 Å². The van der Waals surface area contributed by atoms with Gasteiger partial charge in [0.1, 0.15) is 11.8 Å². The molecule has 0 aliphatic carbocycles. The minimum Gasteiger partial charge on any atom is -0.466 e. The zero-order chi connectivity index (χ0) is 16.2. The normalized spacial score (nSPS) is 24.6. The number of ether oxygens (including phenoxy) is 2. The van der Waals surface area contributed by atoms with Crippen LogP contribution in [0.4, 0.5) is 0 Å². The highest BCUT2D eigenvalue weighted by atomic mass is 16.5. The Kier molecular flexibility index (Phi) is 9.82. The molecule has 0 saturated carbocycles. The Morgan fingerprint density at radius 2 is 1.27 bits per heavy atom. The SMILES string of the molecule is CCOC(=O)[C@@H]1CCC[NH2+]C1.CCOC(=O)[C@H]1CCC[NH2+]C1. The molecule has 2 saturated heterocycles. The predicted molar refractivity (Wildman–Crippen MR) is 82.0 cm³/mol. The summed E-state index contributed by atoms with van der Waals surface area (Å²) in [7, 11) is 0. The van der Waals surface area contributed by atoms with Gasteiger partial charge in [-0.05, 0) is 39.5 Å². The highest BCUT2D eigenvalue weighted by molar-refractivity contribution is 5.72. The number of esters is 2. The summed E-state index contributed by atoms with van der Waals surface area (Å²) >= 11 is 0. The second kappa shape index (κ2) is 11.4. The third kappa shape index (κ3) is 7.22. The van der Waals surface area contributed by atoms with Gasteiger partial charge in [-0.25, -0.2) is 0 Å². The molecular weight excluding hydrogens is 284 g/mol. The number of nitrogens with two attached hydrogens (primary N) is 2. The molecule has 0 amide bonds. The van der Waals surface area contributed by atoms with Crippen LogP contribution < -0.4 is 10.6 Å². The molecule has 0 aromatic carbocycles. The molecule has 0 unspecified atom stereocenters. The van der Waals surface area contributed by atoms with Crippen LogP contribution in [0.15, 0.2) is 0 Å². The van der Waals surface area contributed by atoms with Crippen LogP contribution in [0.2, 0.25) is 0 Å². The molecule has 2 fully saturated rings. The number of hydrogen-bond donors (Lipinski definition) is 2. The second-order valence-corrected chi connectivity index (χ2v) is 5.81. The second-order valence-electron chi connectivity index (χ2n) is 5.81. The molecular formula is C16H32N2O4+2. The molecule has 0 aromatic rings. The number of piperidine rings is 2. The van der Waals surface area contributed by atoms with Gasteiger partial charge in [0.2, 0.25) is 0 Å². The fourth-order valence-corrected chi connectivity index (χ4v) is 2.84. The lowest BCUT2D eigenvalue weighted by molar-refractivity contribution is -0.667. The van der Waals surface area contributed by atoms with Crippen molar-refractivity contribution in [1.29, 1.82) is 0 Å². The van der Waals surface area contributed by atoms with Crippen molar-refractivity contribution in [3.8, 4) is 0 Å². The first kappa shape index (κ1) is 18.9. The topological polar surface area (TPSA) is 85.8 Å². The maximum atomic E-state index is 11.2. The van der Waals surface area contributed by atoms with Crippen LogP contribution in [0.3, 0.4) is 0 Å². The van der Waals surface area contributed by atoms with Crippen LogP contribution in [0.25, 0.3) is 0 Å². The summed E-state index contributed by atoms with van der Waals surface area (Å²) in [5.41, 5.74) is 0. The molecule has 4 N–H and O–H groups in total. The van der Waals surface area contributed by atoms with E-state index in [-0.39, 0.29) is 23.8 Å². The number of carbonyl (C=O) groups excluding carboxylic acids is 2. The highest BCUT2D eigenvalue weighted by Gasteiger charge is 2.24. The van der Waals surface area contributed by atoms with E-state index >= 15 is 0 Å². The van der Waals surface area contributed by atoms with Crippen molar-refractivity contribution in [2.24, 2.45) is 11.8 Å². The summed E-state index contributed by atoms with van der Waals surface area (Å²) in [6.07, 6.45) is 4.30. The van der Waals surface area contributed by atoms with Crippen molar-refractivity contribution in [3.63, 3.8) is 0 Å². The van der Waals surface area contributed by atoms with E-state index in [9.17, 15) is 9.59 Å². The van der Waals surface area contributed by atoms with Gasteiger partial charge in [-0.3, -0.25) is 9.59 Å². The van der Waals surface area contributed by atoms with Gasteiger partial charge in [-0.1, -0.05) is 0 Å². The average Bonchev–Trinajstić information content (AvgIpc) is 2.57. The van der Waals surface area contributed by atoms with Crippen LogP contribution in [-0.4, -0.2) is 51.3 Å². The Labute approximate surface area is 133 Å². The summed E-state index contributed by atoms with van der Waals surface area (Å²) in [5.74, 6) is 0.291. The van der Waals surface area contributed by atoms with E-state index in [0.717, 1.165) is 51.9 Å². The van der Waals surface area contributed by atoms with Crippen molar-refractivity contribution < 1.29 is 29.7 Å². The Morgan fingerprint density at radius 1 is 0.864 bits per heavy atom. The smallest absolute Gasteiger partial charge is 0.314 e. The van der Waals surface area contributed by atoms with Gasteiger partial charge in [-0.15, -0.1) is 0 Å². The number of hydrogen-bond acceptors (Lipinski definition) is 4. The van der Waals surface area contributed by atoms with Gasteiger partial charge >= 0.3 is 11.9 Å². The molecule has 128 valence electrons. The summed E-state index contributed by atoms with van der Waals surface area (Å²) in [6.45, 7) is 8.88. The molecule has 6 nitrogen and oxygen atoms in total. The van der Waals surface area contributed by atoms with Gasteiger partial charge < -0.3 is 20.1 Å². The lowest BCUT2D eigenvalue weighted by atomic mass is 10.0. The van der Waals surface area contributed by atoms with E-state index in [1.165, 1.54) is 0 Å². The summed E-state index contributed by atoms with van der Waals surface area (Å²) < 4.78 is 9.84. The minimum atomic E-state index is -0.0107. The third-order valence-corrected chi connectivity index (χ3v) is 4.06. The van der Waals surface area contributed by atoms with Crippen molar-refractivity contribution in [2.75, 3.05) is 39.4 Å². The maximum Gasteiger partial charge on any atom is 0.314 e. The van der Waals surface area contributed by atoms with Crippen LogP contribution in [0, 0.1) is 11.8 Å². The first-order chi connectivity index (χ1) is 10.7. The quantitative estimate of drug-likeness (QED) is 0.655. The Balaban J connectivity index is 0.000000220. The highest BCUT2D eigenvalue weighted by Crippen LogP contribution is 2.08. The van der Waals surface area contributed by atoms with Crippen molar-refractivity contribution in [3.05, 3.63) is 0 Å². The van der Waals surface area contributed by atoms with Crippen molar-refractivity contribution in [2.45, 2.75) is 39.5 Å². The molecule has 0 aromatic heterocycles. The third-order valence-electron chi connectivity index (χ3n) is 4.06. The van der Waals surface area contributed by atoms with E-state index in [1.807, 2.05) is 13.8 Å². The van der Waals surface area contributed by atoms with E-state index < -0.39 is 0 Å². The van der Waals surface area contributed by atoms with Crippen LogP contribution in [0.5, 0.6) is 0 Å². The minimum absolute atomic E-state index is 0.0107. The molecule has 2 atom stereocenters. The molecule has 22 heavy (non-hydrogen) atoms. The number of rotatable bonds is 4. The van der Waals surface area contributed by atoms with E-state index in [0.29, 0.717) is 13.2 Å². The van der Waals surface area contributed by atoms with Crippen LogP contribution >= 0.6 is 0 Å². The molecule has 0 radical (unpaired) electrons. The maximum absolute atomic E-state index is 11.2. The first-order valence-electron chi connectivity index (χ1n) is 8.65. The Hall–Kier alpha value is -1.14. The predicted octanol–water partition coefficient (Wildman–Crippen LogP) is -0.954. The lowest BCUT2D eigenvalue weighted by Gasteiger charge is -2.17. The summed E-state index contributed by atoms with van der Waals surface area (Å²) in [5, 5.41) is 4.37. The van der Waals surface area contributed by atoms with Crippen LogP contribution in [-0.2, 0) is 19.1 Å². The van der Waals surface area contributed by atoms with E-state index in [1.54, 1.807) is 0 Å². The van der Waals surface area contributed by atoms with E-state index in [4.69, 9.17) is 9.47 Å². The first-order valence-corrected chi connectivity index (χ1v) is 8.65. The zero-order valence-electron chi connectivity index (χ0n) is 14.0. The molecule has 0 bridgehead atoms. The van der Waals surface area contributed by atoms with Gasteiger partial charge in [0.15, 0.2) is 0 Å². The molecule has 2 rings (SSSR count). The fourth-order valence-electron chi connectivity index (χ4n) is 2.84. The molecule has 2 heterocycles. The molecule has 2 aliphatic rings. The molecule has 6 heteroatoms. The monoisotopic (exact) mass is 316 g/mol. The summed E-state index contributed by atoms with van der Waals surface area (Å²) in [6, 6.07) is 0. The van der Waals surface area contributed by atoms with Gasteiger partial charge in [0.05, 0.1) is 39.4 Å². The largest absolute Gasteiger partial charge is 0.466 e. The summed E-state index contributed by atoms with van der Waals surface area (Å²) in [4.78, 5) is 22.3. The van der Waals surface area contributed by atoms with E-state index in [2.05, 4.69) is 10.6 Å². The van der Waals surface area contributed by atoms with Gasteiger partial charge in [0.25, 0.3) is 0 Å².